The summed E-state index contributed by atoms with van der Waals surface area (Å²) in [6.45, 7) is 3.92. The zero-order chi connectivity index (χ0) is 14.7. The van der Waals surface area contributed by atoms with Crippen molar-refractivity contribution in [3.05, 3.63) is 40.0 Å². The Balaban J connectivity index is 2.16. The second kappa shape index (κ2) is 6.04. The van der Waals surface area contributed by atoms with Crippen molar-refractivity contribution < 1.29 is 19.2 Å². The molecule has 0 unspecified atom stereocenters. The molecule has 0 spiro atoms. The fraction of sp³-hybridized carbons (Fsp3) is 0.308. The van der Waals surface area contributed by atoms with Crippen molar-refractivity contribution in [2.24, 2.45) is 0 Å². The lowest BCUT2D eigenvalue weighted by molar-refractivity contribution is 0.0690. The lowest BCUT2D eigenvalue weighted by Crippen LogP contribution is -2.04. The van der Waals surface area contributed by atoms with E-state index in [1.165, 1.54) is 6.07 Å². The second-order valence-electron chi connectivity index (χ2n) is 4.41. The Bertz CT molecular complexity index is 625. The highest BCUT2D eigenvalue weighted by atomic mass is 79.9. The summed E-state index contributed by atoms with van der Waals surface area (Å²) in [5.41, 5.74) is 0.0722. The van der Waals surface area contributed by atoms with E-state index in [0.29, 0.717) is 16.2 Å². The topological polar surface area (TPSA) is 85.5 Å². The van der Waals surface area contributed by atoms with Gasteiger partial charge < -0.3 is 14.4 Å². The maximum absolute atomic E-state index is 11.1. The van der Waals surface area contributed by atoms with Gasteiger partial charge in [0.1, 0.15) is 11.3 Å². The molecule has 0 atom stereocenters. The van der Waals surface area contributed by atoms with Crippen molar-refractivity contribution in [1.29, 1.82) is 0 Å². The van der Waals surface area contributed by atoms with Crippen molar-refractivity contribution >= 4 is 21.9 Å². The first-order valence-electron chi connectivity index (χ1n) is 5.96. The number of carbonyl (C=O) groups is 1. The second-order valence-corrected chi connectivity index (χ2v) is 5.27. The monoisotopic (exact) mass is 340 g/mol. The van der Waals surface area contributed by atoms with Crippen molar-refractivity contribution in [1.82, 2.24) is 10.1 Å². The number of carboxylic acids is 1. The molecule has 1 N–H and O–H groups in total. The van der Waals surface area contributed by atoms with Gasteiger partial charge in [0.05, 0.1) is 4.47 Å². The third kappa shape index (κ3) is 3.16. The number of benzene rings is 1. The minimum Gasteiger partial charge on any atom is -0.482 e. The van der Waals surface area contributed by atoms with E-state index >= 15 is 0 Å². The molecule has 1 aromatic carbocycles. The van der Waals surface area contributed by atoms with Crippen LogP contribution in [-0.4, -0.2) is 21.2 Å². The largest absolute Gasteiger partial charge is 0.482 e. The third-order valence-electron chi connectivity index (χ3n) is 2.54. The normalized spacial score (nSPS) is 10.8. The van der Waals surface area contributed by atoms with Gasteiger partial charge >= 0.3 is 5.97 Å². The first kappa shape index (κ1) is 14.5. The molecular weight excluding hydrogens is 328 g/mol. The quantitative estimate of drug-likeness (QED) is 0.899. The number of aromatic nitrogens is 2. The smallest absolute Gasteiger partial charge is 0.339 e. The Kier molecular flexibility index (Phi) is 4.39. The summed E-state index contributed by atoms with van der Waals surface area (Å²) in [5, 5.41) is 12.9. The van der Waals surface area contributed by atoms with Gasteiger partial charge in [-0.05, 0) is 28.1 Å². The Hall–Kier alpha value is -1.89. The number of hydrogen-bond donors (Lipinski definition) is 1. The van der Waals surface area contributed by atoms with Crippen molar-refractivity contribution in [3.63, 3.8) is 0 Å². The highest BCUT2D eigenvalue weighted by Crippen LogP contribution is 2.29. The fourth-order valence-corrected chi connectivity index (χ4v) is 2.00. The minimum atomic E-state index is -1.06. The first-order chi connectivity index (χ1) is 9.49. The van der Waals surface area contributed by atoms with E-state index < -0.39 is 5.97 Å². The zero-order valence-corrected chi connectivity index (χ0v) is 12.5. The molecule has 6 nitrogen and oxygen atoms in total. The van der Waals surface area contributed by atoms with Crippen LogP contribution in [0.15, 0.2) is 27.2 Å². The van der Waals surface area contributed by atoms with Crippen molar-refractivity contribution in [3.8, 4) is 5.75 Å². The molecule has 0 bridgehead atoms. The van der Waals surface area contributed by atoms with Crippen LogP contribution in [0.2, 0.25) is 0 Å². The van der Waals surface area contributed by atoms with Gasteiger partial charge in [-0.1, -0.05) is 25.1 Å². The maximum Gasteiger partial charge on any atom is 0.339 e. The predicted octanol–water partition coefficient (Wildman–Crippen LogP) is 3.23. The van der Waals surface area contributed by atoms with Crippen LogP contribution in [0.5, 0.6) is 5.75 Å². The summed E-state index contributed by atoms with van der Waals surface area (Å²) < 4.78 is 11.1. The molecule has 20 heavy (non-hydrogen) atoms. The first-order valence-corrected chi connectivity index (χ1v) is 6.75. The van der Waals surface area contributed by atoms with Crippen LogP contribution in [0, 0.1) is 0 Å². The summed E-state index contributed by atoms with van der Waals surface area (Å²) >= 11 is 3.26. The van der Waals surface area contributed by atoms with Gasteiger partial charge in [0, 0.05) is 5.92 Å². The number of carboxylic acid groups (broad SMARTS) is 1. The van der Waals surface area contributed by atoms with Crippen LogP contribution in [0.25, 0.3) is 0 Å². The van der Waals surface area contributed by atoms with Crippen LogP contribution in [-0.2, 0) is 6.61 Å². The Morgan fingerprint density at radius 1 is 1.50 bits per heavy atom. The predicted molar refractivity (Wildman–Crippen MR) is 73.8 cm³/mol. The molecule has 0 amide bonds. The molecule has 0 saturated heterocycles. The van der Waals surface area contributed by atoms with E-state index in [-0.39, 0.29) is 23.8 Å². The lowest BCUT2D eigenvalue weighted by Gasteiger charge is -2.08. The van der Waals surface area contributed by atoms with Crippen molar-refractivity contribution in [2.45, 2.75) is 26.4 Å². The standard InChI is InChI=1S/C13H13BrN2O4/c1-7(2)12-15-10(20-16-12)6-19-11-8(13(17)18)4-3-5-9(11)14/h3-5,7H,6H2,1-2H3,(H,17,18). The number of halogens is 1. The van der Waals surface area contributed by atoms with Gasteiger partial charge in [-0.25, -0.2) is 4.79 Å². The number of hydrogen-bond acceptors (Lipinski definition) is 5. The summed E-state index contributed by atoms with van der Waals surface area (Å²) in [4.78, 5) is 15.3. The molecule has 0 aliphatic carbocycles. The SMILES string of the molecule is CC(C)c1noc(COc2c(Br)cccc2C(=O)O)n1. The molecule has 0 fully saturated rings. The van der Waals surface area contributed by atoms with Gasteiger partial charge in [0.2, 0.25) is 0 Å². The van der Waals surface area contributed by atoms with Crippen molar-refractivity contribution in [2.75, 3.05) is 0 Å². The molecule has 0 aliphatic heterocycles. The van der Waals surface area contributed by atoms with Gasteiger partial charge in [0.25, 0.3) is 5.89 Å². The summed E-state index contributed by atoms with van der Waals surface area (Å²) in [7, 11) is 0. The zero-order valence-electron chi connectivity index (χ0n) is 11.0. The average molecular weight is 341 g/mol. The molecule has 0 saturated carbocycles. The molecular formula is C13H13BrN2O4. The van der Waals surface area contributed by atoms with E-state index in [4.69, 9.17) is 14.4 Å². The maximum atomic E-state index is 11.1. The van der Waals surface area contributed by atoms with E-state index in [9.17, 15) is 4.79 Å². The van der Waals surface area contributed by atoms with Gasteiger partial charge in [-0.15, -0.1) is 0 Å². The highest BCUT2D eigenvalue weighted by molar-refractivity contribution is 9.10. The number of aromatic carboxylic acids is 1. The van der Waals surface area contributed by atoms with E-state index in [1.807, 2.05) is 13.8 Å². The Morgan fingerprint density at radius 3 is 2.85 bits per heavy atom. The average Bonchev–Trinajstić information content (AvgIpc) is 2.86. The molecule has 7 heteroatoms. The molecule has 0 aliphatic rings. The van der Waals surface area contributed by atoms with Crippen LogP contribution < -0.4 is 4.74 Å². The summed E-state index contributed by atoms with van der Waals surface area (Å²) in [6, 6.07) is 4.80. The molecule has 1 heterocycles. The Morgan fingerprint density at radius 2 is 2.25 bits per heavy atom. The van der Waals surface area contributed by atoms with Gasteiger partial charge in [0.15, 0.2) is 12.4 Å². The Labute approximate surface area is 123 Å². The highest BCUT2D eigenvalue weighted by Gasteiger charge is 2.16. The van der Waals surface area contributed by atoms with E-state index in [0.717, 1.165) is 0 Å². The molecule has 106 valence electrons. The summed E-state index contributed by atoms with van der Waals surface area (Å²) in [6.07, 6.45) is 0. The van der Waals surface area contributed by atoms with E-state index in [1.54, 1.807) is 12.1 Å². The molecule has 2 aromatic rings. The van der Waals surface area contributed by atoms with Crippen LogP contribution >= 0.6 is 15.9 Å². The van der Waals surface area contributed by atoms with E-state index in [2.05, 4.69) is 26.1 Å². The molecule has 1 aromatic heterocycles. The molecule has 0 radical (unpaired) electrons. The number of ether oxygens (including phenoxy) is 1. The van der Waals surface area contributed by atoms with Crippen LogP contribution in [0.3, 0.4) is 0 Å². The van der Waals surface area contributed by atoms with Gasteiger partial charge in [-0.3, -0.25) is 0 Å². The van der Waals surface area contributed by atoms with Gasteiger partial charge in [-0.2, -0.15) is 4.98 Å². The number of rotatable bonds is 5. The minimum absolute atomic E-state index is 0.0165. The fourth-order valence-electron chi connectivity index (χ4n) is 1.52. The number of para-hydroxylation sites is 1. The van der Waals surface area contributed by atoms with Crippen LogP contribution in [0.4, 0.5) is 0 Å². The molecule has 2 rings (SSSR count). The van der Waals surface area contributed by atoms with Crippen LogP contribution in [0.1, 0.15) is 41.8 Å². The summed E-state index contributed by atoms with van der Waals surface area (Å²) in [5.74, 6) is 0.236. The third-order valence-corrected chi connectivity index (χ3v) is 3.16. The number of nitrogens with zero attached hydrogens (tertiary/aromatic N) is 2. The lowest BCUT2D eigenvalue weighted by atomic mass is 10.2.